The number of halogens is 1. The van der Waals surface area contributed by atoms with Gasteiger partial charge in [0.2, 0.25) is 5.91 Å². The lowest BCUT2D eigenvalue weighted by molar-refractivity contribution is -0.117. The Morgan fingerprint density at radius 3 is 2.53 bits per heavy atom. The first-order valence-electron chi connectivity index (χ1n) is 5.56. The maximum Gasteiger partial charge on any atom is 0.225 e. The third kappa shape index (κ3) is 4.69. The number of hydrogen-bond donors (Lipinski definition) is 1. The molecule has 1 aromatic rings. The lowest BCUT2D eigenvalue weighted by atomic mass is 9.80. The van der Waals surface area contributed by atoms with Crippen LogP contribution in [0.5, 0.6) is 0 Å². The second-order valence-electron chi connectivity index (χ2n) is 5.24. The molecule has 0 aliphatic carbocycles. The van der Waals surface area contributed by atoms with Gasteiger partial charge in [0.25, 0.3) is 0 Å². The summed E-state index contributed by atoms with van der Waals surface area (Å²) in [4.78, 5) is 19.6. The van der Waals surface area contributed by atoms with Crippen LogP contribution in [0.15, 0.2) is 12.4 Å². The van der Waals surface area contributed by atoms with Crippen LogP contribution in [0.4, 0.5) is 5.82 Å². The summed E-state index contributed by atoms with van der Waals surface area (Å²) >= 11 is 5.61. The van der Waals surface area contributed by atoms with E-state index in [0.717, 1.165) is 0 Å². The molecule has 1 atom stereocenters. The molecule has 0 aliphatic heterocycles. The van der Waals surface area contributed by atoms with Crippen LogP contribution in [0.2, 0.25) is 5.15 Å². The first-order chi connectivity index (χ1) is 7.79. The van der Waals surface area contributed by atoms with E-state index in [1.54, 1.807) is 0 Å². The summed E-state index contributed by atoms with van der Waals surface area (Å²) in [6.45, 7) is 8.42. The fourth-order valence-corrected chi connectivity index (χ4v) is 1.25. The topological polar surface area (TPSA) is 54.9 Å². The van der Waals surface area contributed by atoms with Crippen molar-refractivity contribution in [2.24, 2.45) is 11.3 Å². The molecule has 0 fully saturated rings. The molecular formula is C12H18ClN3O. The summed E-state index contributed by atoms with van der Waals surface area (Å²) in [5, 5.41) is 3.01. The number of aromatic nitrogens is 2. The summed E-state index contributed by atoms with van der Waals surface area (Å²) in [6, 6.07) is 0. The molecule has 0 saturated carbocycles. The molecule has 1 amide bonds. The van der Waals surface area contributed by atoms with Crippen molar-refractivity contribution in [1.29, 1.82) is 0 Å². The SMILES string of the molecule is CC(CC(=O)Nc1cnc(Cl)cn1)C(C)(C)C. The smallest absolute Gasteiger partial charge is 0.225 e. The molecule has 17 heavy (non-hydrogen) atoms. The van der Waals surface area contributed by atoms with E-state index in [1.807, 2.05) is 0 Å². The fraction of sp³-hybridized carbons (Fsp3) is 0.583. The number of amides is 1. The van der Waals surface area contributed by atoms with E-state index in [2.05, 4.69) is 43.0 Å². The minimum absolute atomic E-state index is 0.0518. The number of hydrogen-bond acceptors (Lipinski definition) is 3. The summed E-state index contributed by atoms with van der Waals surface area (Å²) in [5.41, 5.74) is 0.114. The van der Waals surface area contributed by atoms with Crippen LogP contribution in [0.1, 0.15) is 34.1 Å². The van der Waals surface area contributed by atoms with Gasteiger partial charge in [0.05, 0.1) is 12.4 Å². The second-order valence-corrected chi connectivity index (χ2v) is 5.63. The summed E-state index contributed by atoms with van der Waals surface area (Å²) in [6.07, 6.45) is 3.32. The molecule has 1 unspecified atom stereocenters. The van der Waals surface area contributed by atoms with Gasteiger partial charge >= 0.3 is 0 Å². The number of carbonyl (C=O) groups excluding carboxylic acids is 1. The van der Waals surface area contributed by atoms with Crippen LogP contribution in [-0.2, 0) is 4.79 Å². The Kier molecular flexibility index (Phi) is 4.46. The lowest BCUT2D eigenvalue weighted by Crippen LogP contribution is -2.24. The zero-order valence-electron chi connectivity index (χ0n) is 10.6. The normalized spacial score (nSPS) is 13.2. The molecule has 0 aromatic carbocycles. The first kappa shape index (κ1) is 13.9. The van der Waals surface area contributed by atoms with Gasteiger partial charge in [0.15, 0.2) is 5.82 Å². The largest absolute Gasteiger partial charge is 0.309 e. The van der Waals surface area contributed by atoms with Gasteiger partial charge in [-0.05, 0) is 11.3 Å². The lowest BCUT2D eigenvalue weighted by Gasteiger charge is -2.26. The van der Waals surface area contributed by atoms with Gasteiger partial charge < -0.3 is 5.32 Å². The standard InChI is InChI=1S/C12H18ClN3O/c1-8(12(2,3)4)5-11(17)16-10-7-14-9(13)6-15-10/h6-8H,5H2,1-4H3,(H,15,16,17). The molecule has 0 radical (unpaired) electrons. The maximum absolute atomic E-state index is 11.7. The van der Waals surface area contributed by atoms with Gasteiger partial charge in [-0.1, -0.05) is 39.3 Å². The van der Waals surface area contributed by atoms with Crippen molar-refractivity contribution >= 4 is 23.3 Å². The molecule has 0 saturated heterocycles. The zero-order chi connectivity index (χ0) is 13.1. The van der Waals surface area contributed by atoms with Crippen LogP contribution < -0.4 is 5.32 Å². The molecule has 0 aliphatic rings. The molecule has 1 rings (SSSR count). The average molecular weight is 256 g/mol. The van der Waals surface area contributed by atoms with Crippen molar-refractivity contribution in [3.63, 3.8) is 0 Å². The Balaban J connectivity index is 2.53. The Morgan fingerprint density at radius 2 is 2.06 bits per heavy atom. The molecule has 4 nitrogen and oxygen atoms in total. The second kappa shape index (κ2) is 5.45. The highest BCUT2D eigenvalue weighted by atomic mass is 35.5. The van der Waals surface area contributed by atoms with E-state index in [1.165, 1.54) is 12.4 Å². The Morgan fingerprint density at radius 1 is 1.41 bits per heavy atom. The van der Waals surface area contributed by atoms with Crippen LogP contribution in [0.25, 0.3) is 0 Å². The Bertz CT molecular complexity index is 384. The van der Waals surface area contributed by atoms with Crippen molar-refractivity contribution in [3.05, 3.63) is 17.5 Å². The van der Waals surface area contributed by atoms with E-state index < -0.39 is 0 Å². The number of nitrogens with one attached hydrogen (secondary N) is 1. The van der Waals surface area contributed by atoms with E-state index in [-0.39, 0.29) is 11.3 Å². The molecule has 0 bridgehead atoms. The number of carbonyl (C=O) groups is 1. The number of anilines is 1. The van der Waals surface area contributed by atoms with E-state index >= 15 is 0 Å². The van der Waals surface area contributed by atoms with Gasteiger partial charge in [-0.15, -0.1) is 0 Å². The quantitative estimate of drug-likeness (QED) is 0.903. The molecular weight excluding hydrogens is 238 g/mol. The summed E-state index contributed by atoms with van der Waals surface area (Å²) in [5.74, 6) is 0.673. The van der Waals surface area contributed by atoms with Crippen molar-refractivity contribution < 1.29 is 4.79 Å². The Hall–Kier alpha value is -1.16. The molecule has 0 spiro atoms. The van der Waals surface area contributed by atoms with Gasteiger partial charge in [-0.25, -0.2) is 9.97 Å². The monoisotopic (exact) mass is 255 g/mol. The van der Waals surface area contributed by atoms with Gasteiger partial charge in [-0.3, -0.25) is 4.79 Å². The first-order valence-corrected chi connectivity index (χ1v) is 5.94. The molecule has 94 valence electrons. The van der Waals surface area contributed by atoms with Crippen LogP contribution in [0, 0.1) is 11.3 Å². The van der Waals surface area contributed by atoms with Crippen molar-refractivity contribution in [2.75, 3.05) is 5.32 Å². The van der Waals surface area contributed by atoms with Crippen LogP contribution >= 0.6 is 11.6 Å². The van der Waals surface area contributed by atoms with Crippen LogP contribution in [0.3, 0.4) is 0 Å². The van der Waals surface area contributed by atoms with Crippen LogP contribution in [-0.4, -0.2) is 15.9 Å². The molecule has 1 aromatic heterocycles. The third-order valence-electron chi connectivity index (χ3n) is 2.86. The highest BCUT2D eigenvalue weighted by molar-refractivity contribution is 6.29. The number of rotatable bonds is 3. The predicted molar refractivity (Wildman–Crippen MR) is 68.9 cm³/mol. The fourth-order valence-electron chi connectivity index (χ4n) is 1.15. The van der Waals surface area contributed by atoms with Gasteiger partial charge in [-0.2, -0.15) is 0 Å². The Labute approximate surface area is 107 Å². The minimum Gasteiger partial charge on any atom is -0.309 e. The van der Waals surface area contributed by atoms with Crippen molar-refractivity contribution in [3.8, 4) is 0 Å². The van der Waals surface area contributed by atoms with Crippen molar-refractivity contribution in [1.82, 2.24) is 9.97 Å². The van der Waals surface area contributed by atoms with Gasteiger partial charge in [0, 0.05) is 6.42 Å². The molecule has 1 heterocycles. The predicted octanol–water partition coefficient (Wildman–Crippen LogP) is 3.14. The number of nitrogens with zero attached hydrogens (tertiary/aromatic N) is 2. The van der Waals surface area contributed by atoms with E-state index in [4.69, 9.17) is 11.6 Å². The molecule has 1 N–H and O–H groups in total. The highest BCUT2D eigenvalue weighted by Crippen LogP contribution is 2.28. The third-order valence-corrected chi connectivity index (χ3v) is 3.05. The van der Waals surface area contributed by atoms with Crippen molar-refractivity contribution in [2.45, 2.75) is 34.1 Å². The zero-order valence-corrected chi connectivity index (χ0v) is 11.4. The molecule has 5 heteroatoms. The van der Waals surface area contributed by atoms with E-state index in [9.17, 15) is 4.79 Å². The highest BCUT2D eigenvalue weighted by Gasteiger charge is 2.22. The maximum atomic E-state index is 11.7. The summed E-state index contributed by atoms with van der Waals surface area (Å²) in [7, 11) is 0. The van der Waals surface area contributed by atoms with Gasteiger partial charge in [0.1, 0.15) is 5.15 Å². The average Bonchev–Trinajstić information content (AvgIpc) is 2.20. The summed E-state index contributed by atoms with van der Waals surface area (Å²) < 4.78 is 0. The minimum atomic E-state index is -0.0518. The van der Waals surface area contributed by atoms with E-state index in [0.29, 0.717) is 23.3 Å².